The molecule has 3 rings (SSSR count). The molecule has 0 spiro atoms. The quantitative estimate of drug-likeness (QED) is 0.358. The van der Waals surface area contributed by atoms with Crippen molar-refractivity contribution in [3.8, 4) is 0 Å². The molecular formula is C24H33N5O. The number of rotatable bonds is 8. The summed E-state index contributed by atoms with van der Waals surface area (Å²) in [5.74, 6) is 0.791. The minimum absolute atomic E-state index is 0.0310. The summed E-state index contributed by atoms with van der Waals surface area (Å²) >= 11 is 0. The lowest BCUT2D eigenvalue weighted by atomic mass is 10.2. The summed E-state index contributed by atoms with van der Waals surface area (Å²) in [4.78, 5) is 18.9. The lowest BCUT2D eigenvalue weighted by Crippen LogP contribution is -2.45. The van der Waals surface area contributed by atoms with Crippen molar-refractivity contribution in [1.82, 2.24) is 20.9 Å². The van der Waals surface area contributed by atoms with Gasteiger partial charge >= 0.3 is 0 Å². The highest BCUT2D eigenvalue weighted by Gasteiger charge is 2.29. The molecule has 2 unspecified atom stereocenters. The summed E-state index contributed by atoms with van der Waals surface area (Å²) in [5, 5.41) is 9.86. The van der Waals surface area contributed by atoms with Crippen LogP contribution >= 0.6 is 0 Å². The van der Waals surface area contributed by atoms with Crippen molar-refractivity contribution < 1.29 is 4.79 Å². The third kappa shape index (κ3) is 6.59. The highest BCUT2D eigenvalue weighted by molar-refractivity contribution is 5.94. The van der Waals surface area contributed by atoms with E-state index >= 15 is 0 Å². The third-order valence-electron chi connectivity index (χ3n) is 5.46. The standard InChI is InChI=1S/C24H33N5O/c1-19-16-22(18-29(19)17-20-10-5-3-6-11-20)28-24(25-2)27-15-9-14-26-23(30)21-12-7-4-8-13-21/h3-8,10-13,19,22H,9,14-18H2,1-2H3,(H,26,30)(H2,25,27,28). The highest BCUT2D eigenvalue weighted by atomic mass is 16.1. The van der Waals surface area contributed by atoms with Gasteiger partial charge < -0.3 is 16.0 Å². The van der Waals surface area contributed by atoms with E-state index in [0.717, 1.165) is 38.4 Å². The van der Waals surface area contributed by atoms with Crippen LogP contribution in [-0.2, 0) is 6.54 Å². The van der Waals surface area contributed by atoms with Crippen LogP contribution in [0.25, 0.3) is 0 Å². The SMILES string of the molecule is CN=C(NCCCNC(=O)c1ccccc1)NC1CC(C)N(Cc2ccccc2)C1. The molecule has 160 valence electrons. The monoisotopic (exact) mass is 407 g/mol. The lowest BCUT2D eigenvalue weighted by Gasteiger charge is -2.21. The Morgan fingerprint density at radius 3 is 2.40 bits per heavy atom. The van der Waals surface area contributed by atoms with Gasteiger partial charge in [-0.05, 0) is 37.5 Å². The van der Waals surface area contributed by atoms with Crippen molar-refractivity contribution in [3.05, 3.63) is 71.8 Å². The lowest BCUT2D eigenvalue weighted by molar-refractivity contribution is 0.0953. The largest absolute Gasteiger partial charge is 0.356 e. The number of hydrogen-bond acceptors (Lipinski definition) is 3. The van der Waals surface area contributed by atoms with Crippen molar-refractivity contribution >= 4 is 11.9 Å². The van der Waals surface area contributed by atoms with E-state index in [0.29, 0.717) is 24.2 Å². The molecular weight excluding hydrogens is 374 g/mol. The van der Waals surface area contributed by atoms with Gasteiger partial charge in [-0.25, -0.2) is 0 Å². The first-order valence-corrected chi connectivity index (χ1v) is 10.7. The maximum Gasteiger partial charge on any atom is 0.251 e. The molecule has 0 bridgehead atoms. The van der Waals surface area contributed by atoms with Crippen LogP contribution in [0.5, 0.6) is 0 Å². The number of aliphatic imine (C=N–C) groups is 1. The summed E-state index contributed by atoms with van der Waals surface area (Å²) in [5.41, 5.74) is 2.04. The highest BCUT2D eigenvalue weighted by Crippen LogP contribution is 2.20. The van der Waals surface area contributed by atoms with Crippen LogP contribution in [-0.4, -0.2) is 55.5 Å². The van der Waals surface area contributed by atoms with Gasteiger partial charge in [-0.1, -0.05) is 48.5 Å². The summed E-state index contributed by atoms with van der Waals surface area (Å²) in [7, 11) is 1.80. The molecule has 2 aromatic carbocycles. The van der Waals surface area contributed by atoms with Crippen molar-refractivity contribution in [2.45, 2.75) is 38.4 Å². The molecule has 1 saturated heterocycles. The molecule has 0 aromatic heterocycles. The molecule has 2 aromatic rings. The first-order chi connectivity index (χ1) is 14.7. The van der Waals surface area contributed by atoms with Gasteiger partial charge in [0.1, 0.15) is 0 Å². The van der Waals surface area contributed by atoms with E-state index in [1.165, 1.54) is 5.56 Å². The number of carbonyl (C=O) groups excluding carboxylic acids is 1. The molecule has 1 fully saturated rings. The normalized spacial score (nSPS) is 19.5. The van der Waals surface area contributed by atoms with Gasteiger partial charge in [-0.2, -0.15) is 0 Å². The molecule has 1 aliphatic rings. The second-order valence-corrected chi connectivity index (χ2v) is 7.82. The first-order valence-electron chi connectivity index (χ1n) is 10.7. The second kappa shape index (κ2) is 11.4. The van der Waals surface area contributed by atoms with E-state index in [1.54, 1.807) is 7.05 Å². The van der Waals surface area contributed by atoms with Crippen LogP contribution in [0.15, 0.2) is 65.7 Å². The Hall–Kier alpha value is -2.86. The first kappa shape index (κ1) is 21.8. The topological polar surface area (TPSA) is 68.8 Å². The molecule has 0 radical (unpaired) electrons. The fourth-order valence-electron chi connectivity index (χ4n) is 3.82. The summed E-state index contributed by atoms with van der Waals surface area (Å²) < 4.78 is 0. The smallest absolute Gasteiger partial charge is 0.251 e. The molecule has 30 heavy (non-hydrogen) atoms. The van der Waals surface area contributed by atoms with Crippen LogP contribution < -0.4 is 16.0 Å². The van der Waals surface area contributed by atoms with E-state index in [-0.39, 0.29) is 5.91 Å². The number of nitrogens with one attached hydrogen (secondary N) is 3. The Morgan fingerprint density at radius 2 is 1.70 bits per heavy atom. The van der Waals surface area contributed by atoms with Gasteiger partial charge in [0, 0.05) is 50.9 Å². The van der Waals surface area contributed by atoms with Crippen LogP contribution in [0.2, 0.25) is 0 Å². The number of likely N-dealkylation sites (tertiary alicyclic amines) is 1. The van der Waals surface area contributed by atoms with E-state index in [9.17, 15) is 4.79 Å². The van der Waals surface area contributed by atoms with Crippen LogP contribution in [0.4, 0.5) is 0 Å². The van der Waals surface area contributed by atoms with Gasteiger partial charge in [-0.15, -0.1) is 0 Å². The van der Waals surface area contributed by atoms with E-state index in [1.807, 2.05) is 30.3 Å². The number of carbonyl (C=O) groups is 1. The van der Waals surface area contributed by atoms with Crippen molar-refractivity contribution in [1.29, 1.82) is 0 Å². The maximum atomic E-state index is 12.0. The van der Waals surface area contributed by atoms with Gasteiger partial charge in [-0.3, -0.25) is 14.7 Å². The molecule has 2 atom stereocenters. The van der Waals surface area contributed by atoms with Crippen molar-refractivity contribution in [2.24, 2.45) is 4.99 Å². The zero-order valence-corrected chi connectivity index (χ0v) is 18.0. The molecule has 0 aliphatic carbocycles. The van der Waals surface area contributed by atoms with Gasteiger partial charge in [0.25, 0.3) is 5.91 Å². The summed E-state index contributed by atoms with van der Waals surface area (Å²) in [6.45, 7) is 5.65. The molecule has 1 amide bonds. The van der Waals surface area contributed by atoms with Crippen LogP contribution in [0.3, 0.4) is 0 Å². The Bertz CT molecular complexity index is 809. The number of amides is 1. The van der Waals surface area contributed by atoms with E-state index in [4.69, 9.17) is 0 Å². The zero-order valence-electron chi connectivity index (χ0n) is 18.0. The number of guanidine groups is 1. The van der Waals surface area contributed by atoms with E-state index in [2.05, 4.69) is 63.1 Å². The molecule has 0 saturated carbocycles. The molecule has 6 heteroatoms. The number of nitrogens with zero attached hydrogens (tertiary/aromatic N) is 2. The minimum atomic E-state index is -0.0310. The summed E-state index contributed by atoms with van der Waals surface area (Å²) in [6.07, 6.45) is 1.93. The predicted molar refractivity (Wildman–Crippen MR) is 123 cm³/mol. The predicted octanol–water partition coefficient (Wildman–Crippen LogP) is 2.63. The fraction of sp³-hybridized carbons (Fsp3) is 0.417. The second-order valence-electron chi connectivity index (χ2n) is 7.82. The minimum Gasteiger partial charge on any atom is -0.356 e. The maximum absolute atomic E-state index is 12.0. The van der Waals surface area contributed by atoms with E-state index < -0.39 is 0 Å². The molecule has 1 aliphatic heterocycles. The van der Waals surface area contributed by atoms with Crippen LogP contribution in [0, 0.1) is 0 Å². The molecule has 6 nitrogen and oxygen atoms in total. The Kier molecular flexibility index (Phi) is 8.27. The van der Waals surface area contributed by atoms with Crippen LogP contribution in [0.1, 0.15) is 35.7 Å². The van der Waals surface area contributed by atoms with Gasteiger partial charge in [0.2, 0.25) is 0 Å². The molecule has 3 N–H and O–H groups in total. The van der Waals surface area contributed by atoms with Crippen molar-refractivity contribution in [2.75, 3.05) is 26.7 Å². The Morgan fingerprint density at radius 1 is 1.03 bits per heavy atom. The average molecular weight is 408 g/mol. The number of hydrogen-bond donors (Lipinski definition) is 3. The van der Waals surface area contributed by atoms with Gasteiger partial charge in [0.05, 0.1) is 0 Å². The average Bonchev–Trinajstić information content (AvgIpc) is 3.12. The third-order valence-corrected chi connectivity index (χ3v) is 5.46. The van der Waals surface area contributed by atoms with Gasteiger partial charge in [0.15, 0.2) is 5.96 Å². The zero-order chi connectivity index (χ0) is 21.2. The summed E-state index contributed by atoms with van der Waals surface area (Å²) in [6, 6.07) is 20.8. The Balaban J connectivity index is 1.35. The fourth-order valence-corrected chi connectivity index (χ4v) is 3.82. The Labute approximate surface area is 179 Å². The number of benzene rings is 2. The van der Waals surface area contributed by atoms with Crippen molar-refractivity contribution in [3.63, 3.8) is 0 Å². The molecule has 1 heterocycles.